The van der Waals surface area contributed by atoms with Crippen molar-refractivity contribution in [3.05, 3.63) is 45.1 Å². The van der Waals surface area contributed by atoms with Gasteiger partial charge in [0.15, 0.2) is 11.5 Å². The number of aryl methyl sites for hydroxylation is 2. The van der Waals surface area contributed by atoms with E-state index < -0.39 is 0 Å². The van der Waals surface area contributed by atoms with E-state index in [1.165, 1.54) is 33.9 Å². The van der Waals surface area contributed by atoms with Gasteiger partial charge in [-0.05, 0) is 49.1 Å². The number of carbonyl (C=O) groups excluding carboxylic acids is 1. The van der Waals surface area contributed by atoms with Gasteiger partial charge in [0.1, 0.15) is 0 Å². The molecule has 1 aromatic heterocycles. The van der Waals surface area contributed by atoms with E-state index in [2.05, 4.69) is 12.2 Å². The Morgan fingerprint density at radius 2 is 2.00 bits per heavy atom. The summed E-state index contributed by atoms with van der Waals surface area (Å²) < 4.78 is 0. The number of phenols is 2. The van der Waals surface area contributed by atoms with Crippen LogP contribution in [0.3, 0.4) is 0 Å². The van der Waals surface area contributed by atoms with Gasteiger partial charge in [0, 0.05) is 11.4 Å². The van der Waals surface area contributed by atoms with Crippen LogP contribution in [0.15, 0.2) is 24.3 Å². The molecule has 1 aromatic carbocycles. The number of phenolic OH excluding ortho intramolecular Hbond substituents is 2. The molecular weight excluding hydrogens is 286 g/mol. The first-order chi connectivity index (χ1) is 10.0. The zero-order valence-corrected chi connectivity index (χ0v) is 13.0. The van der Waals surface area contributed by atoms with Crippen LogP contribution in [0.5, 0.6) is 11.5 Å². The highest BCUT2D eigenvalue weighted by atomic mass is 32.1. The average molecular weight is 305 g/mol. The first-order valence-electron chi connectivity index (χ1n) is 6.89. The lowest BCUT2D eigenvalue weighted by Gasteiger charge is -2.05. The molecule has 0 fully saturated rings. The zero-order valence-electron chi connectivity index (χ0n) is 12.1. The fourth-order valence-corrected chi connectivity index (χ4v) is 3.15. The lowest BCUT2D eigenvalue weighted by molar-refractivity contribution is 0.0958. The average Bonchev–Trinajstić information content (AvgIpc) is 2.84. The van der Waals surface area contributed by atoms with Crippen LogP contribution in [0, 0.1) is 6.92 Å². The van der Waals surface area contributed by atoms with Crippen LogP contribution in [0.2, 0.25) is 0 Å². The maximum absolute atomic E-state index is 12.0. The minimum absolute atomic E-state index is 0.0641. The summed E-state index contributed by atoms with van der Waals surface area (Å²) in [7, 11) is 0. The third kappa shape index (κ3) is 3.76. The molecule has 0 saturated heterocycles. The van der Waals surface area contributed by atoms with E-state index in [4.69, 9.17) is 0 Å². The minimum atomic E-state index is -0.139. The molecule has 0 aliphatic carbocycles. The standard InChI is InChI=1S/C16H19NO3S/c1-3-12-9-15(21-10(12)2)16(20)17-7-6-11-4-5-13(18)14(19)8-11/h4-5,8-9,18-19H,3,6-7H2,1-2H3,(H,17,20). The molecule has 0 saturated carbocycles. The second kappa shape index (κ2) is 6.63. The van der Waals surface area contributed by atoms with Gasteiger partial charge in [-0.25, -0.2) is 0 Å². The van der Waals surface area contributed by atoms with Crippen LogP contribution in [0.25, 0.3) is 0 Å². The number of aromatic hydroxyl groups is 2. The predicted octanol–water partition coefficient (Wildman–Crippen LogP) is 3.00. The highest BCUT2D eigenvalue weighted by molar-refractivity contribution is 7.14. The van der Waals surface area contributed by atoms with Gasteiger partial charge >= 0.3 is 0 Å². The van der Waals surface area contributed by atoms with Crippen LogP contribution in [-0.2, 0) is 12.8 Å². The Kier molecular flexibility index (Phi) is 4.85. The van der Waals surface area contributed by atoms with E-state index in [9.17, 15) is 15.0 Å². The number of thiophene rings is 1. The molecule has 0 radical (unpaired) electrons. The normalized spacial score (nSPS) is 10.6. The highest BCUT2D eigenvalue weighted by Crippen LogP contribution is 2.25. The molecule has 0 atom stereocenters. The van der Waals surface area contributed by atoms with Crippen molar-refractivity contribution in [1.29, 1.82) is 0 Å². The minimum Gasteiger partial charge on any atom is -0.504 e. The van der Waals surface area contributed by atoms with Crippen molar-refractivity contribution in [3.63, 3.8) is 0 Å². The van der Waals surface area contributed by atoms with E-state index >= 15 is 0 Å². The summed E-state index contributed by atoms with van der Waals surface area (Å²) >= 11 is 1.51. The Bertz CT molecular complexity index is 649. The van der Waals surface area contributed by atoms with Crippen LogP contribution in [0.1, 0.15) is 32.6 Å². The number of carbonyl (C=O) groups is 1. The van der Waals surface area contributed by atoms with E-state index in [1.54, 1.807) is 6.07 Å². The fourth-order valence-electron chi connectivity index (χ4n) is 2.11. The van der Waals surface area contributed by atoms with Crippen molar-refractivity contribution >= 4 is 17.2 Å². The van der Waals surface area contributed by atoms with Crippen molar-refractivity contribution in [2.45, 2.75) is 26.7 Å². The summed E-state index contributed by atoms with van der Waals surface area (Å²) in [5, 5.41) is 21.5. The van der Waals surface area contributed by atoms with Gasteiger partial charge in [-0.15, -0.1) is 11.3 Å². The number of hydrogen-bond acceptors (Lipinski definition) is 4. The maximum Gasteiger partial charge on any atom is 0.261 e. The number of nitrogens with one attached hydrogen (secondary N) is 1. The summed E-state index contributed by atoms with van der Waals surface area (Å²) in [4.78, 5) is 14.0. The first-order valence-corrected chi connectivity index (χ1v) is 7.71. The number of benzene rings is 1. The second-order valence-electron chi connectivity index (χ2n) is 4.87. The Hall–Kier alpha value is -2.01. The van der Waals surface area contributed by atoms with Crippen molar-refractivity contribution in [3.8, 4) is 11.5 Å². The number of rotatable bonds is 5. The molecule has 0 bridgehead atoms. The van der Waals surface area contributed by atoms with Gasteiger partial charge in [-0.2, -0.15) is 0 Å². The fraction of sp³-hybridized carbons (Fsp3) is 0.312. The molecule has 0 aliphatic heterocycles. The van der Waals surface area contributed by atoms with Crippen molar-refractivity contribution in [1.82, 2.24) is 5.32 Å². The summed E-state index contributed by atoms with van der Waals surface area (Å²) in [5.74, 6) is -0.338. The third-order valence-electron chi connectivity index (χ3n) is 3.36. The molecule has 0 unspecified atom stereocenters. The molecule has 3 N–H and O–H groups in total. The zero-order chi connectivity index (χ0) is 15.4. The maximum atomic E-state index is 12.0. The first kappa shape index (κ1) is 15.4. The van der Waals surface area contributed by atoms with Gasteiger partial charge in [-0.1, -0.05) is 13.0 Å². The largest absolute Gasteiger partial charge is 0.504 e. The summed E-state index contributed by atoms with van der Waals surface area (Å²) in [6, 6.07) is 6.63. The van der Waals surface area contributed by atoms with Gasteiger partial charge in [0.2, 0.25) is 0 Å². The predicted molar refractivity (Wildman–Crippen MR) is 84.2 cm³/mol. The molecule has 112 valence electrons. The Labute approximate surface area is 128 Å². The smallest absolute Gasteiger partial charge is 0.261 e. The van der Waals surface area contributed by atoms with Crippen molar-refractivity contribution in [2.24, 2.45) is 0 Å². The van der Waals surface area contributed by atoms with Crippen LogP contribution in [-0.4, -0.2) is 22.7 Å². The molecule has 21 heavy (non-hydrogen) atoms. The molecular formula is C16H19NO3S. The topological polar surface area (TPSA) is 69.6 Å². The molecule has 2 rings (SSSR count). The lowest BCUT2D eigenvalue weighted by Crippen LogP contribution is -2.24. The van der Waals surface area contributed by atoms with Gasteiger partial charge in [0.25, 0.3) is 5.91 Å². The van der Waals surface area contributed by atoms with Crippen molar-refractivity contribution in [2.75, 3.05) is 6.54 Å². The second-order valence-corrected chi connectivity index (χ2v) is 6.13. The lowest BCUT2D eigenvalue weighted by atomic mass is 10.1. The molecule has 0 aliphatic rings. The van der Waals surface area contributed by atoms with Gasteiger partial charge in [-0.3, -0.25) is 4.79 Å². The molecule has 0 spiro atoms. The molecule has 1 amide bonds. The third-order valence-corrected chi connectivity index (χ3v) is 4.46. The van der Waals surface area contributed by atoms with Gasteiger partial charge < -0.3 is 15.5 Å². The Morgan fingerprint density at radius 1 is 1.24 bits per heavy atom. The number of amides is 1. The molecule has 4 nitrogen and oxygen atoms in total. The van der Waals surface area contributed by atoms with E-state index in [0.717, 1.165) is 16.9 Å². The highest BCUT2D eigenvalue weighted by Gasteiger charge is 2.11. The molecule has 1 heterocycles. The monoisotopic (exact) mass is 305 g/mol. The molecule has 2 aromatic rings. The van der Waals surface area contributed by atoms with E-state index in [0.29, 0.717) is 13.0 Å². The van der Waals surface area contributed by atoms with Gasteiger partial charge in [0.05, 0.1) is 4.88 Å². The quantitative estimate of drug-likeness (QED) is 0.744. The van der Waals surface area contributed by atoms with Crippen molar-refractivity contribution < 1.29 is 15.0 Å². The van der Waals surface area contributed by atoms with Crippen LogP contribution >= 0.6 is 11.3 Å². The van der Waals surface area contributed by atoms with Crippen LogP contribution < -0.4 is 5.32 Å². The Balaban J connectivity index is 1.90. The SMILES string of the molecule is CCc1cc(C(=O)NCCc2ccc(O)c(O)c2)sc1C. The summed E-state index contributed by atoms with van der Waals surface area (Å²) in [6.07, 6.45) is 1.53. The van der Waals surface area contributed by atoms with Crippen LogP contribution in [0.4, 0.5) is 0 Å². The summed E-state index contributed by atoms with van der Waals surface area (Å²) in [5.41, 5.74) is 2.08. The van der Waals surface area contributed by atoms with E-state index in [1.807, 2.05) is 13.0 Å². The Morgan fingerprint density at radius 3 is 2.62 bits per heavy atom. The summed E-state index contributed by atoms with van der Waals surface area (Å²) in [6.45, 7) is 4.59. The number of hydrogen-bond donors (Lipinski definition) is 3. The molecule has 5 heteroatoms. The van der Waals surface area contributed by atoms with E-state index in [-0.39, 0.29) is 17.4 Å².